The predicted molar refractivity (Wildman–Crippen MR) is 74.5 cm³/mol. The minimum Gasteiger partial charge on any atom is -0.342 e. The quantitative estimate of drug-likeness (QED) is 0.848. The van der Waals surface area contributed by atoms with Crippen LogP contribution in [0.5, 0.6) is 0 Å². The highest BCUT2D eigenvalue weighted by Crippen LogP contribution is 2.31. The Morgan fingerprint density at radius 2 is 1.89 bits per heavy atom. The van der Waals surface area contributed by atoms with E-state index in [0.29, 0.717) is 0 Å². The molecule has 4 heteroatoms. The number of rotatable bonds is 3. The molecule has 2 amide bonds. The van der Waals surface area contributed by atoms with E-state index in [0.717, 1.165) is 18.9 Å². The summed E-state index contributed by atoms with van der Waals surface area (Å²) < 4.78 is 0. The van der Waals surface area contributed by atoms with Crippen LogP contribution in [-0.2, 0) is 9.59 Å². The third-order valence-corrected chi connectivity index (χ3v) is 4.53. The van der Waals surface area contributed by atoms with Gasteiger partial charge in [-0.25, -0.2) is 0 Å². The van der Waals surface area contributed by atoms with Crippen molar-refractivity contribution in [2.45, 2.75) is 65.5 Å². The van der Waals surface area contributed by atoms with E-state index in [1.807, 2.05) is 27.7 Å². The van der Waals surface area contributed by atoms with Crippen LogP contribution in [-0.4, -0.2) is 35.3 Å². The van der Waals surface area contributed by atoms with E-state index in [9.17, 15) is 9.59 Å². The van der Waals surface area contributed by atoms with E-state index < -0.39 is 6.04 Å². The zero-order valence-electron chi connectivity index (χ0n) is 12.5. The minimum atomic E-state index is -0.391. The van der Waals surface area contributed by atoms with Crippen molar-refractivity contribution in [1.82, 2.24) is 10.2 Å². The highest BCUT2D eigenvalue weighted by Gasteiger charge is 2.43. The Labute approximate surface area is 115 Å². The molecule has 2 fully saturated rings. The minimum absolute atomic E-state index is 0.0202. The van der Waals surface area contributed by atoms with E-state index in [-0.39, 0.29) is 23.3 Å². The highest BCUT2D eigenvalue weighted by molar-refractivity contribution is 5.97. The molecule has 1 aliphatic heterocycles. The molecule has 1 saturated heterocycles. The fraction of sp³-hybridized carbons (Fsp3) is 0.867. The Bertz CT molecular complexity index is 369. The lowest BCUT2D eigenvalue weighted by Gasteiger charge is -2.43. The van der Waals surface area contributed by atoms with Gasteiger partial charge in [0.1, 0.15) is 12.1 Å². The van der Waals surface area contributed by atoms with Gasteiger partial charge in [0, 0.05) is 6.54 Å². The Morgan fingerprint density at radius 3 is 2.37 bits per heavy atom. The molecule has 1 aliphatic carbocycles. The van der Waals surface area contributed by atoms with Crippen molar-refractivity contribution in [3.05, 3.63) is 0 Å². The summed E-state index contributed by atoms with van der Waals surface area (Å²) in [5.74, 6) is 0.824. The molecular formula is C15H26N2O2. The first kappa shape index (κ1) is 14.4. The number of amides is 2. The molecule has 108 valence electrons. The van der Waals surface area contributed by atoms with E-state index >= 15 is 0 Å². The molecule has 0 bridgehead atoms. The summed E-state index contributed by atoms with van der Waals surface area (Å²) in [5.41, 5.74) is -0.235. The first-order valence-corrected chi connectivity index (χ1v) is 7.41. The molecule has 0 radical (unpaired) electrons. The normalized spacial score (nSPS) is 29.2. The first-order valence-electron chi connectivity index (χ1n) is 7.41. The largest absolute Gasteiger partial charge is 0.342 e. The number of hydrogen-bond donors (Lipinski definition) is 1. The van der Waals surface area contributed by atoms with Crippen LogP contribution in [0.15, 0.2) is 0 Å². The van der Waals surface area contributed by atoms with Crippen molar-refractivity contribution in [3.8, 4) is 0 Å². The second-order valence-electron chi connectivity index (χ2n) is 7.10. The number of nitrogens with one attached hydrogen (secondary N) is 1. The van der Waals surface area contributed by atoms with Crippen LogP contribution < -0.4 is 5.32 Å². The average molecular weight is 266 g/mol. The van der Waals surface area contributed by atoms with E-state index in [4.69, 9.17) is 0 Å². The molecule has 2 aliphatic rings. The van der Waals surface area contributed by atoms with Crippen LogP contribution in [0.25, 0.3) is 0 Å². The maximum absolute atomic E-state index is 12.6. The van der Waals surface area contributed by atoms with Gasteiger partial charge in [0.25, 0.3) is 0 Å². The standard InChI is InChI=1S/C15H26N2O2/c1-10-13(18)16-12(15(2,3)4)14(19)17(10)9-8-11-6-5-7-11/h10-12H,5-9H2,1-4H3,(H,16,18). The Balaban J connectivity index is 2.04. The van der Waals surface area contributed by atoms with Gasteiger partial charge < -0.3 is 10.2 Å². The van der Waals surface area contributed by atoms with Crippen LogP contribution in [0.1, 0.15) is 53.4 Å². The molecule has 19 heavy (non-hydrogen) atoms. The summed E-state index contributed by atoms with van der Waals surface area (Å²) in [6.07, 6.45) is 4.93. The first-order chi connectivity index (χ1) is 8.80. The van der Waals surface area contributed by atoms with Crippen molar-refractivity contribution in [3.63, 3.8) is 0 Å². The molecule has 0 aromatic rings. The SMILES string of the molecule is CC1C(=O)NC(C(C)(C)C)C(=O)N1CCC1CCC1. The van der Waals surface area contributed by atoms with Gasteiger partial charge >= 0.3 is 0 Å². The summed E-state index contributed by atoms with van der Waals surface area (Å²) in [6, 6.07) is -0.719. The van der Waals surface area contributed by atoms with Crippen molar-refractivity contribution < 1.29 is 9.59 Å². The highest BCUT2D eigenvalue weighted by atomic mass is 16.2. The molecule has 0 aromatic carbocycles. The Hall–Kier alpha value is -1.06. The van der Waals surface area contributed by atoms with Gasteiger partial charge in [-0.2, -0.15) is 0 Å². The predicted octanol–water partition coefficient (Wildman–Crippen LogP) is 1.94. The van der Waals surface area contributed by atoms with Gasteiger partial charge in [-0.1, -0.05) is 40.0 Å². The molecular weight excluding hydrogens is 240 g/mol. The number of piperazine rings is 1. The maximum atomic E-state index is 12.6. The molecule has 2 rings (SSSR count). The third kappa shape index (κ3) is 2.93. The second-order valence-corrected chi connectivity index (χ2v) is 7.10. The summed E-state index contributed by atoms with van der Waals surface area (Å²) in [5, 5.41) is 2.87. The van der Waals surface area contributed by atoms with E-state index in [1.54, 1.807) is 4.90 Å². The van der Waals surface area contributed by atoms with Crippen molar-refractivity contribution in [1.29, 1.82) is 0 Å². The van der Waals surface area contributed by atoms with Crippen molar-refractivity contribution >= 4 is 11.8 Å². The molecule has 4 nitrogen and oxygen atoms in total. The van der Waals surface area contributed by atoms with Crippen molar-refractivity contribution in [2.75, 3.05) is 6.54 Å². The van der Waals surface area contributed by atoms with Crippen LogP contribution in [0, 0.1) is 11.3 Å². The van der Waals surface area contributed by atoms with E-state index in [1.165, 1.54) is 19.3 Å². The lowest BCUT2D eigenvalue weighted by molar-refractivity contribution is -0.152. The van der Waals surface area contributed by atoms with Crippen LogP contribution in [0.3, 0.4) is 0 Å². The topological polar surface area (TPSA) is 49.4 Å². The molecule has 1 heterocycles. The molecule has 1 saturated carbocycles. The van der Waals surface area contributed by atoms with Crippen molar-refractivity contribution in [2.24, 2.45) is 11.3 Å². The second kappa shape index (κ2) is 5.14. The number of nitrogens with zero attached hydrogens (tertiary/aromatic N) is 1. The van der Waals surface area contributed by atoms with E-state index in [2.05, 4.69) is 5.32 Å². The van der Waals surface area contributed by atoms with Gasteiger partial charge in [0.2, 0.25) is 11.8 Å². The van der Waals surface area contributed by atoms with Gasteiger partial charge in [-0.15, -0.1) is 0 Å². The van der Waals surface area contributed by atoms with Gasteiger partial charge in [-0.3, -0.25) is 9.59 Å². The fourth-order valence-corrected chi connectivity index (χ4v) is 2.82. The lowest BCUT2D eigenvalue weighted by atomic mass is 9.81. The van der Waals surface area contributed by atoms with Gasteiger partial charge in [-0.05, 0) is 24.7 Å². The zero-order chi connectivity index (χ0) is 14.2. The maximum Gasteiger partial charge on any atom is 0.246 e. The molecule has 0 aromatic heterocycles. The zero-order valence-corrected chi connectivity index (χ0v) is 12.5. The van der Waals surface area contributed by atoms with Gasteiger partial charge in [0.05, 0.1) is 0 Å². The third-order valence-electron chi connectivity index (χ3n) is 4.53. The molecule has 2 unspecified atom stereocenters. The van der Waals surface area contributed by atoms with Crippen LogP contribution in [0.2, 0.25) is 0 Å². The summed E-state index contributed by atoms with van der Waals surface area (Å²) >= 11 is 0. The Kier molecular flexibility index (Phi) is 3.88. The number of carbonyl (C=O) groups excluding carboxylic acids is 2. The number of hydrogen-bond acceptors (Lipinski definition) is 2. The van der Waals surface area contributed by atoms with Crippen LogP contribution in [0.4, 0.5) is 0 Å². The number of carbonyl (C=O) groups is 2. The molecule has 0 spiro atoms. The summed E-state index contributed by atoms with van der Waals surface area (Å²) in [4.78, 5) is 26.4. The average Bonchev–Trinajstić information content (AvgIpc) is 2.24. The summed E-state index contributed by atoms with van der Waals surface area (Å²) in [6.45, 7) is 8.54. The lowest BCUT2D eigenvalue weighted by Crippen LogP contribution is -2.65. The molecule has 1 N–H and O–H groups in total. The van der Waals surface area contributed by atoms with Gasteiger partial charge in [0.15, 0.2) is 0 Å². The fourth-order valence-electron chi connectivity index (χ4n) is 2.82. The van der Waals surface area contributed by atoms with Crippen LogP contribution >= 0.6 is 0 Å². The monoisotopic (exact) mass is 266 g/mol. The smallest absolute Gasteiger partial charge is 0.246 e. The Morgan fingerprint density at radius 1 is 1.26 bits per heavy atom. The summed E-state index contributed by atoms with van der Waals surface area (Å²) in [7, 11) is 0. The molecule has 2 atom stereocenters.